The average Bonchev–Trinajstić information content (AvgIpc) is 3.22. The van der Waals surface area contributed by atoms with E-state index in [1.54, 1.807) is 0 Å². The van der Waals surface area contributed by atoms with Gasteiger partial charge in [-0.1, -0.05) is 43.3 Å². The number of amides is 1. The molecule has 26 heavy (non-hydrogen) atoms. The van der Waals surface area contributed by atoms with Crippen molar-refractivity contribution in [3.63, 3.8) is 0 Å². The Morgan fingerprint density at radius 2 is 1.88 bits per heavy atom. The van der Waals surface area contributed by atoms with Crippen LogP contribution in [0.25, 0.3) is 0 Å². The molecule has 0 aromatic heterocycles. The number of rotatable bonds is 6. The topological polar surface area (TPSA) is 73.4 Å². The van der Waals surface area contributed by atoms with Crippen molar-refractivity contribution in [3.05, 3.63) is 70.8 Å². The standard InChI is InChI=1S/C21H27N3O2/c1-3-20(25)19-11-16(9-10-18(19)17-12-22-23-13-17)21(26)24-14(2)15-7-5-4-6-8-15/h4-11,14,17,20,22-23,25H,3,12-13H2,1-2H3,(H,24,26)/t14-,20?/m1/s1. The van der Waals surface area contributed by atoms with Gasteiger partial charge in [0.15, 0.2) is 0 Å². The highest BCUT2D eigenvalue weighted by molar-refractivity contribution is 5.94. The number of aliphatic hydroxyl groups is 1. The highest BCUT2D eigenvalue weighted by Crippen LogP contribution is 2.29. The summed E-state index contributed by atoms with van der Waals surface area (Å²) in [5.74, 6) is 0.173. The number of hydrazine groups is 1. The van der Waals surface area contributed by atoms with Gasteiger partial charge in [0.05, 0.1) is 12.1 Å². The number of carbonyl (C=O) groups is 1. The van der Waals surface area contributed by atoms with Gasteiger partial charge in [-0.3, -0.25) is 15.6 Å². The number of aliphatic hydroxyl groups excluding tert-OH is 1. The van der Waals surface area contributed by atoms with Gasteiger partial charge in [-0.25, -0.2) is 0 Å². The first-order valence-corrected chi connectivity index (χ1v) is 9.23. The van der Waals surface area contributed by atoms with Crippen LogP contribution in [0.5, 0.6) is 0 Å². The van der Waals surface area contributed by atoms with Crippen LogP contribution in [-0.2, 0) is 0 Å². The summed E-state index contributed by atoms with van der Waals surface area (Å²) in [5.41, 5.74) is 9.85. The Kier molecular flexibility index (Phi) is 6.04. The zero-order valence-corrected chi connectivity index (χ0v) is 15.3. The maximum Gasteiger partial charge on any atom is 0.251 e. The van der Waals surface area contributed by atoms with Crippen molar-refractivity contribution in [3.8, 4) is 0 Å². The minimum Gasteiger partial charge on any atom is -0.388 e. The summed E-state index contributed by atoms with van der Waals surface area (Å²) in [7, 11) is 0. The second-order valence-corrected chi connectivity index (χ2v) is 6.83. The summed E-state index contributed by atoms with van der Waals surface area (Å²) >= 11 is 0. The smallest absolute Gasteiger partial charge is 0.251 e. The molecule has 1 unspecified atom stereocenters. The molecule has 138 valence electrons. The number of hydrogen-bond acceptors (Lipinski definition) is 4. The number of nitrogens with one attached hydrogen (secondary N) is 3. The number of hydrogen-bond donors (Lipinski definition) is 4. The lowest BCUT2D eigenvalue weighted by Crippen LogP contribution is -2.27. The second-order valence-electron chi connectivity index (χ2n) is 6.83. The molecule has 1 heterocycles. The maximum absolute atomic E-state index is 12.7. The fraction of sp³-hybridized carbons (Fsp3) is 0.381. The molecule has 1 fully saturated rings. The Balaban J connectivity index is 1.81. The van der Waals surface area contributed by atoms with Crippen molar-refractivity contribution >= 4 is 5.91 Å². The number of benzene rings is 2. The van der Waals surface area contributed by atoms with Crippen LogP contribution < -0.4 is 16.2 Å². The molecule has 2 aromatic rings. The van der Waals surface area contributed by atoms with Gasteiger partial charge in [-0.05, 0) is 42.2 Å². The quantitative estimate of drug-likeness (QED) is 0.644. The van der Waals surface area contributed by atoms with E-state index in [9.17, 15) is 9.90 Å². The summed E-state index contributed by atoms with van der Waals surface area (Å²) in [5, 5.41) is 13.5. The molecule has 1 saturated heterocycles. The van der Waals surface area contributed by atoms with Crippen LogP contribution in [0, 0.1) is 0 Å². The molecule has 3 rings (SSSR count). The minimum atomic E-state index is -0.565. The van der Waals surface area contributed by atoms with Gasteiger partial charge in [0.1, 0.15) is 0 Å². The van der Waals surface area contributed by atoms with Gasteiger partial charge in [-0.15, -0.1) is 0 Å². The fourth-order valence-electron chi connectivity index (χ4n) is 3.38. The molecule has 5 nitrogen and oxygen atoms in total. The first-order chi connectivity index (χ1) is 12.6. The first-order valence-electron chi connectivity index (χ1n) is 9.23. The van der Waals surface area contributed by atoms with Crippen LogP contribution in [-0.4, -0.2) is 24.1 Å². The van der Waals surface area contributed by atoms with Gasteiger partial charge >= 0.3 is 0 Å². The summed E-state index contributed by atoms with van der Waals surface area (Å²) in [6.45, 7) is 5.56. The summed E-state index contributed by atoms with van der Waals surface area (Å²) in [6.07, 6.45) is 0.0522. The lowest BCUT2D eigenvalue weighted by Gasteiger charge is -2.20. The summed E-state index contributed by atoms with van der Waals surface area (Å²) < 4.78 is 0. The Morgan fingerprint density at radius 3 is 2.54 bits per heavy atom. The van der Waals surface area contributed by atoms with E-state index in [-0.39, 0.29) is 11.9 Å². The molecule has 2 aromatic carbocycles. The Morgan fingerprint density at radius 1 is 1.19 bits per heavy atom. The van der Waals surface area contributed by atoms with Crippen LogP contribution in [0.1, 0.15) is 65.4 Å². The molecule has 1 aliphatic heterocycles. The van der Waals surface area contributed by atoms with E-state index in [0.717, 1.165) is 29.8 Å². The van der Waals surface area contributed by atoms with Crippen molar-refractivity contribution in [1.29, 1.82) is 0 Å². The van der Waals surface area contributed by atoms with E-state index in [1.165, 1.54) is 0 Å². The summed E-state index contributed by atoms with van der Waals surface area (Å²) in [6, 6.07) is 15.5. The third-order valence-electron chi connectivity index (χ3n) is 5.00. The van der Waals surface area contributed by atoms with Gasteiger partial charge < -0.3 is 10.4 Å². The molecule has 5 heteroatoms. The van der Waals surface area contributed by atoms with E-state index in [0.29, 0.717) is 17.9 Å². The monoisotopic (exact) mass is 353 g/mol. The van der Waals surface area contributed by atoms with E-state index >= 15 is 0 Å². The summed E-state index contributed by atoms with van der Waals surface area (Å²) in [4.78, 5) is 12.7. The van der Waals surface area contributed by atoms with E-state index < -0.39 is 6.10 Å². The van der Waals surface area contributed by atoms with E-state index in [2.05, 4.69) is 16.2 Å². The zero-order valence-electron chi connectivity index (χ0n) is 15.3. The predicted molar refractivity (Wildman–Crippen MR) is 103 cm³/mol. The minimum absolute atomic E-state index is 0.0776. The Bertz CT molecular complexity index is 742. The molecular weight excluding hydrogens is 326 g/mol. The first kappa shape index (κ1) is 18.6. The van der Waals surface area contributed by atoms with Crippen molar-refractivity contribution in [2.75, 3.05) is 13.1 Å². The molecule has 0 spiro atoms. The number of carbonyl (C=O) groups excluding carboxylic acids is 1. The normalized spacial score (nSPS) is 17.0. The molecule has 1 amide bonds. The lowest BCUT2D eigenvalue weighted by atomic mass is 9.89. The van der Waals surface area contributed by atoms with Crippen LogP contribution >= 0.6 is 0 Å². The average molecular weight is 353 g/mol. The molecule has 2 atom stereocenters. The zero-order chi connectivity index (χ0) is 18.5. The maximum atomic E-state index is 12.7. The van der Waals surface area contributed by atoms with Crippen LogP contribution in [0.2, 0.25) is 0 Å². The van der Waals surface area contributed by atoms with Crippen molar-refractivity contribution in [2.24, 2.45) is 0 Å². The molecule has 4 N–H and O–H groups in total. The third-order valence-corrected chi connectivity index (χ3v) is 5.00. The van der Waals surface area contributed by atoms with Gasteiger partial charge in [0, 0.05) is 24.6 Å². The second kappa shape index (κ2) is 8.45. The van der Waals surface area contributed by atoms with Gasteiger partial charge in [-0.2, -0.15) is 0 Å². The largest absolute Gasteiger partial charge is 0.388 e. The SMILES string of the molecule is CCC(O)c1cc(C(=O)N[C@H](C)c2ccccc2)ccc1C1CNNC1. The predicted octanol–water partition coefficient (Wildman–Crippen LogP) is 2.81. The van der Waals surface area contributed by atoms with Gasteiger partial charge in [0.2, 0.25) is 0 Å². The van der Waals surface area contributed by atoms with Crippen molar-refractivity contribution in [2.45, 2.75) is 38.3 Å². The Labute approximate surface area is 154 Å². The molecule has 0 radical (unpaired) electrons. The van der Waals surface area contributed by atoms with Crippen LogP contribution in [0.3, 0.4) is 0 Å². The third kappa shape index (κ3) is 4.12. The van der Waals surface area contributed by atoms with E-state index in [4.69, 9.17) is 0 Å². The molecule has 0 saturated carbocycles. The van der Waals surface area contributed by atoms with Crippen molar-refractivity contribution in [1.82, 2.24) is 16.2 Å². The molecule has 0 aliphatic carbocycles. The highest BCUT2D eigenvalue weighted by atomic mass is 16.3. The lowest BCUT2D eigenvalue weighted by molar-refractivity contribution is 0.0939. The highest BCUT2D eigenvalue weighted by Gasteiger charge is 2.23. The van der Waals surface area contributed by atoms with Crippen molar-refractivity contribution < 1.29 is 9.90 Å². The fourth-order valence-corrected chi connectivity index (χ4v) is 3.38. The molecular formula is C21H27N3O2. The van der Waals surface area contributed by atoms with Crippen LogP contribution in [0.4, 0.5) is 0 Å². The van der Waals surface area contributed by atoms with E-state index in [1.807, 2.05) is 62.4 Å². The molecule has 1 aliphatic rings. The molecule has 0 bridgehead atoms. The van der Waals surface area contributed by atoms with Gasteiger partial charge in [0.25, 0.3) is 5.91 Å². The van der Waals surface area contributed by atoms with Crippen LogP contribution in [0.15, 0.2) is 48.5 Å². The Hall–Kier alpha value is -2.21.